The summed E-state index contributed by atoms with van der Waals surface area (Å²) in [6, 6.07) is 8.24. The van der Waals surface area contributed by atoms with E-state index >= 15 is 0 Å². The summed E-state index contributed by atoms with van der Waals surface area (Å²) < 4.78 is 5.04. The standard InChI is InChI=1S/C9H7BrN2S2/c1-13-7-4-2-6(3-5-7)8-11-9(10)14-12-8/h2-5H,1H3. The summed E-state index contributed by atoms with van der Waals surface area (Å²) >= 11 is 6.39. The Bertz CT molecular complexity index is 425. The second-order valence-electron chi connectivity index (χ2n) is 2.60. The average molecular weight is 287 g/mol. The van der Waals surface area contributed by atoms with E-state index in [0.717, 1.165) is 15.3 Å². The van der Waals surface area contributed by atoms with Gasteiger partial charge in [-0.25, -0.2) is 4.98 Å². The molecule has 1 heterocycles. The van der Waals surface area contributed by atoms with Crippen LogP contribution in [0.4, 0.5) is 0 Å². The van der Waals surface area contributed by atoms with Gasteiger partial charge in [0, 0.05) is 10.5 Å². The van der Waals surface area contributed by atoms with Crippen molar-refractivity contribution in [1.82, 2.24) is 9.36 Å². The Labute approximate surface area is 99.1 Å². The highest BCUT2D eigenvalue weighted by Crippen LogP contribution is 2.23. The van der Waals surface area contributed by atoms with Crippen LogP contribution in [-0.2, 0) is 0 Å². The Morgan fingerprint density at radius 1 is 1.29 bits per heavy atom. The van der Waals surface area contributed by atoms with Crippen LogP contribution in [0.1, 0.15) is 0 Å². The molecule has 0 bridgehead atoms. The fourth-order valence-electron chi connectivity index (χ4n) is 1.06. The lowest BCUT2D eigenvalue weighted by molar-refractivity contribution is 1.29. The molecule has 0 amide bonds. The molecule has 2 rings (SSSR count). The molecule has 0 unspecified atom stereocenters. The second-order valence-corrected chi connectivity index (χ2v) is 5.51. The molecule has 1 aromatic heterocycles. The zero-order chi connectivity index (χ0) is 9.97. The first-order valence-corrected chi connectivity index (χ1v) is 6.72. The maximum absolute atomic E-state index is 4.25. The van der Waals surface area contributed by atoms with E-state index in [4.69, 9.17) is 0 Å². The van der Waals surface area contributed by atoms with Gasteiger partial charge in [0.25, 0.3) is 0 Å². The van der Waals surface area contributed by atoms with Crippen LogP contribution in [0.5, 0.6) is 0 Å². The highest BCUT2D eigenvalue weighted by Gasteiger charge is 2.03. The van der Waals surface area contributed by atoms with Crippen LogP contribution in [0.2, 0.25) is 0 Å². The van der Waals surface area contributed by atoms with Gasteiger partial charge >= 0.3 is 0 Å². The van der Waals surface area contributed by atoms with Gasteiger partial charge in [0.1, 0.15) is 0 Å². The van der Waals surface area contributed by atoms with Crippen molar-refractivity contribution in [2.75, 3.05) is 6.26 Å². The van der Waals surface area contributed by atoms with E-state index in [-0.39, 0.29) is 0 Å². The van der Waals surface area contributed by atoms with Crippen LogP contribution in [-0.4, -0.2) is 15.6 Å². The molecule has 14 heavy (non-hydrogen) atoms. The van der Waals surface area contributed by atoms with E-state index in [1.54, 1.807) is 11.8 Å². The Morgan fingerprint density at radius 3 is 2.50 bits per heavy atom. The lowest BCUT2D eigenvalue weighted by Crippen LogP contribution is -1.79. The van der Waals surface area contributed by atoms with Crippen LogP contribution >= 0.6 is 39.2 Å². The van der Waals surface area contributed by atoms with Gasteiger partial charge in [0.15, 0.2) is 9.74 Å². The van der Waals surface area contributed by atoms with E-state index in [1.165, 1.54) is 16.4 Å². The van der Waals surface area contributed by atoms with Crippen LogP contribution in [0, 0.1) is 0 Å². The number of thioether (sulfide) groups is 1. The van der Waals surface area contributed by atoms with Gasteiger partial charge in [0.05, 0.1) is 0 Å². The molecule has 0 atom stereocenters. The maximum Gasteiger partial charge on any atom is 0.179 e. The first-order chi connectivity index (χ1) is 6.79. The quantitative estimate of drug-likeness (QED) is 0.788. The lowest BCUT2D eigenvalue weighted by Gasteiger charge is -1.97. The topological polar surface area (TPSA) is 25.8 Å². The summed E-state index contributed by atoms with van der Waals surface area (Å²) in [5, 5.41) is 0. The van der Waals surface area contributed by atoms with Gasteiger partial charge in [0.2, 0.25) is 0 Å². The molecule has 0 saturated carbocycles. The van der Waals surface area contributed by atoms with Gasteiger partial charge in [-0.1, -0.05) is 12.1 Å². The van der Waals surface area contributed by atoms with E-state index in [1.807, 2.05) is 12.1 Å². The van der Waals surface area contributed by atoms with Crippen LogP contribution in [0.25, 0.3) is 11.4 Å². The number of benzene rings is 1. The predicted octanol–water partition coefficient (Wildman–Crippen LogP) is 3.69. The molecule has 2 nitrogen and oxygen atoms in total. The highest BCUT2D eigenvalue weighted by molar-refractivity contribution is 9.11. The van der Waals surface area contributed by atoms with Crippen LogP contribution < -0.4 is 0 Å². The summed E-state index contributed by atoms with van der Waals surface area (Å²) in [7, 11) is 0. The summed E-state index contributed by atoms with van der Waals surface area (Å²) in [5.74, 6) is 0.787. The first-order valence-electron chi connectivity index (χ1n) is 3.93. The third-order valence-corrected chi connectivity index (χ3v) is 3.61. The molecule has 2 aromatic rings. The predicted molar refractivity (Wildman–Crippen MR) is 64.8 cm³/mol. The van der Waals surface area contributed by atoms with Crippen molar-refractivity contribution >= 4 is 39.2 Å². The van der Waals surface area contributed by atoms with Crippen molar-refractivity contribution < 1.29 is 0 Å². The lowest BCUT2D eigenvalue weighted by atomic mass is 10.2. The van der Waals surface area contributed by atoms with Crippen LogP contribution in [0.15, 0.2) is 33.1 Å². The van der Waals surface area contributed by atoms with E-state index < -0.39 is 0 Å². The van der Waals surface area contributed by atoms with Gasteiger partial charge in [-0.15, -0.1) is 11.8 Å². The van der Waals surface area contributed by atoms with Crippen molar-refractivity contribution in [3.8, 4) is 11.4 Å². The number of hydrogen-bond acceptors (Lipinski definition) is 4. The normalized spacial score (nSPS) is 10.4. The molecule has 0 N–H and O–H groups in total. The molecular formula is C9H7BrN2S2. The minimum Gasteiger partial charge on any atom is -0.208 e. The second kappa shape index (κ2) is 4.42. The van der Waals surface area contributed by atoms with E-state index in [2.05, 4.69) is 43.7 Å². The number of hydrogen-bond donors (Lipinski definition) is 0. The molecule has 0 aliphatic heterocycles. The molecule has 0 fully saturated rings. The SMILES string of the molecule is CSc1ccc(-c2nsc(Br)n2)cc1. The molecule has 0 aliphatic rings. The summed E-state index contributed by atoms with van der Waals surface area (Å²) in [4.78, 5) is 5.51. The fourth-order valence-corrected chi connectivity index (χ4v) is 2.29. The zero-order valence-electron chi connectivity index (χ0n) is 7.40. The van der Waals surface area contributed by atoms with Gasteiger partial charge < -0.3 is 0 Å². The largest absolute Gasteiger partial charge is 0.208 e. The highest BCUT2D eigenvalue weighted by atomic mass is 79.9. The summed E-state index contributed by atoms with van der Waals surface area (Å²) in [6.45, 7) is 0. The minimum atomic E-state index is 0.787. The molecule has 0 aliphatic carbocycles. The van der Waals surface area contributed by atoms with Gasteiger partial charge in [-0.05, 0) is 45.9 Å². The average Bonchev–Trinajstić information content (AvgIpc) is 2.65. The first kappa shape index (κ1) is 10.1. The molecule has 72 valence electrons. The number of halogens is 1. The van der Waals surface area contributed by atoms with Crippen molar-refractivity contribution in [3.63, 3.8) is 0 Å². The van der Waals surface area contributed by atoms with Crippen molar-refractivity contribution in [2.24, 2.45) is 0 Å². The minimum absolute atomic E-state index is 0.787. The molecule has 0 spiro atoms. The summed E-state index contributed by atoms with van der Waals surface area (Å²) in [5.41, 5.74) is 1.06. The third kappa shape index (κ3) is 2.16. The van der Waals surface area contributed by atoms with Crippen molar-refractivity contribution in [2.45, 2.75) is 4.90 Å². The Morgan fingerprint density at radius 2 is 2.00 bits per heavy atom. The zero-order valence-corrected chi connectivity index (χ0v) is 10.6. The third-order valence-electron chi connectivity index (χ3n) is 1.75. The van der Waals surface area contributed by atoms with Gasteiger partial charge in [-0.2, -0.15) is 4.37 Å². The van der Waals surface area contributed by atoms with E-state index in [0.29, 0.717) is 0 Å². The van der Waals surface area contributed by atoms with Gasteiger partial charge in [-0.3, -0.25) is 0 Å². The van der Waals surface area contributed by atoms with E-state index in [9.17, 15) is 0 Å². The molecule has 1 aromatic carbocycles. The Balaban J connectivity index is 2.33. The molecule has 0 saturated heterocycles. The number of rotatable bonds is 2. The molecule has 0 radical (unpaired) electrons. The Kier molecular flexibility index (Phi) is 3.20. The van der Waals surface area contributed by atoms with Crippen molar-refractivity contribution in [3.05, 3.63) is 28.2 Å². The molecule has 5 heteroatoms. The van der Waals surface area contributed by atoms with Crippen molar-refractivity contribution in [1.29, 1.82) is 0 Å². The molecular weight excluding hydrogens is 280 g/mol. The fraction of sp³-hybridized carbons (Fsp3) is 0.111. The number of nitrogens with zero attached hydrogens (tertiary/aromatic N) is 2. The Hall–Kier alpha value is -0.390. The monoisotopic (exact) mass is 286 g/mol. The smallest absolute Gasteiger partial charge is 0.179 e. The summed E-state index contributed by atoms with van der Waals surface area (Å²) in [6.07, 6.45) is 2.06. The van der Waals surface area contributed by atoms with Crippen LogP contribution in [0.3, 0.4) is 0 Å². The number of aromatic nitrogens is 2. The maximum atomic E-state index is 4.25.